The summed E-state index contributed by atoms with van der Waals surface area (Å²) in [5.74, 6) is 0. The Hall–Kier alpha value is -0.0400. The van der Waals surface area contributed by atoms with Crippen LogP contribution in [-0.4, -0.2) is 11.2 Å². The molecule has 0 fully saturated rings. The van der Waals surface area contributed by atoms with Gasteiger partial charge in [0.25, 0.3) is 0 Å². The second-order valence-corrected chi connectivity index (χ2v) is 7.39. The van der Waals surface area contributed by atoms with Crippen LogP contribution >= 0.6 is 0 Å². The lowest BCUT2D eigenvalue weighted by molar-refractivity contribution is 0.152. The molecule has 1 heteroatoms. The maximum absolute atomic E-state index is 9.62. The molecule has 0 aliphatic rings. The molecule has 1 unspecified atom stereocenters. The molecule has 0 aromatic heterocycles. The molecule has 0 heterocycles. The van der Waals surface area contributed by atoms with Crippen molar-refractivity contribution < 1.29 is 5.11 Å². The van der Waals surface area contributed by atoms with Crippen LogP contribution in [0.1, 0.15) is 129 Å². The summed E-state index contributed by atoms with van der Waals surface area (Å²) in [6.07, 6.45) is 25.1. The summed E-state index contributed by atoms with van der Waals surface area (Å²) in [5.41, 5.74) is 0. The van der Waals surface area contributed by atoms with Crippen molar-refractivity contribution in [3.8, 4) is 0 Å². The maximum atomic E-state index is 9.62. The Bertz CT molecular complexity index is 202. The third-order valence-corrected chi connectivity index (χ3v) is 4.93. The minimum absolute atomic E-state index is 0.0980. The molecule has 1 atom stereocenters. The van der Waals surface area contributed by atoms with Crippen molar-refractivity contribution in [2.45, 2.75) is 135 Å². The molecule has 139 valence electrons. The summed E-state index contributed by atoms with van der Waals surface area (Å²) >= 11 is 0. The quantitative estimate of drug-likeness (QED) is 0.242. The highest BCUT2D eigenvalue weighted by Gasteiger charge is 2.01. The van der Waals surface area contributed by atoms with E-state index < -0.39 is 0 Å². The third-order valence-electron chi connectivity index (χ3n) is 4.93. The largest absolute Gasteiger partial charge is 0.393 e. The molecule has 1 radical (unpaired) electrons. The average molecular weight is 326 g/mol. The van der Waals surface area contributed by atoms with Gasteiger partial charge in [0.05, 0.1) is 6.10 Å². The molecule has 0 aliphatic heterocycles. The van der Waals surface area contributed by atoms with Gasteiger partial charge in [-0.15, -0.1) is 0 Å². The van der Waals surface area contributed by atoms with Crippen molar-refractivity contribution in [1.82, 2.24) is 0 Å². The molecule has 0 rings (SSSR count). The molecule has 0 spiro atoms. The van der Waals surface area contributed by atoms with Gasteiger partial charge in [0, 0.05) is 0 Å². The summed E-state index contributed by atoms with van der Waals surface area (Å²) in [7, 11) is 0. The first-order chi connectivity index (χ1) is 11.3. The summed E-state index contributed by atoms with van der Waals surface area (Å²) in [6.45, 7) is 6.08. The van der Waals surface area contributed by atoms with Gasteiger partial charge in [-0.2, -0.15) is 0 Å². The first-order valence-corrected chi connectivity index (χ1v) is 10.8. The van der Waals surface area contributed by atoms with E-state index in [0.717, 1.165) is 19.3 Å². The van der Waals surface area contributed by atoms with E-state index in [4.69, 9.17) is 0 Å². The van der Waals surface area contributed by atoms with E-state index in [0.29, 0.717) is 0 Å². The molecule has 0 saturated carbocycles. The van der Waals surface area contributed by atoms with Crippen molar-refractivity contribution in [3.05, 3.63) is 6.92 Å². The fraction of sp³-hybridized carbons (Fsp3) is 0.955. The Morgan fingerprint density at radius 2 is 0.913 bits per heavy atom. The monoisotopic (exact) mass is 325 g/mol. The van der Waals surface area contributed by atoms with E-state index in [9.17, 15) is 5.11 Å². The fourth-order valence-electron chi connectivity index (χ4n) is 3.31. The molecule has 0 aromatic carbocycles. The standard InChI is InChI=1S/C22H45O/c1-3-5-6-7-8-9-10-11-12-13-14-15-16-17-18-19-21-22(23)20-4-2/h22-23H,2-21H2,1H3. The Labute approximate surface area is 147 Å². The van der Waals surface area contributed by atoms with E-state index in [1.807, 2.05) is 0 Å². The van der Waals surface area contributed by atoms with Gasteiger partial charge in [-0.05, 0) is 12.8 Å². The van der Waals surface area contributed by atoms with Crippen LogP contribution in [0, 0.1) is 6.92 Å². The Morgan fingerprint density at radius 3 is 1.26 bits per heavy atom. The van der Waals surface area contributed by atoms with Crippen LogP contribution in [0.25, 0.3) is 0 Å². The van der Waals surface area contributed by atoms with Crippen LogP contribution in [0.3, 0.4) is 0 Å². The first kappa shape index (κ1) is 23.0. The molecule has 0 amide bonds. The van der Waals surface area contributed by atoms with Crippen LogP contribution in [0.15, 0.2) is 0 Å². The number of hydrogen-bond donors (Lipinski definition) is 1. The smallest absolute Gasteiger partial charge is 0.0540 e. The maximum Gasteiger partial charge on any atom is 0.0540 e. The van der Waals surface area contributed by atoms with Crippen molar-refractivity contribution >= 4 is 0 Å². The van der Waals surface area contributed by atoms with Crippen molar-refractivity contribution in [3.63, 3.8) is 0 Å². The van der Waals surface area contributed by atoms with Gasteiger partial charge in [-0.1, -0.05) is 123 Å². The zero-order valence-corrected chi connectivity index (χ0v) is 16.2. The predicted octanol–water partition coefficient (Wildman–Crippen LogP) is 7.61. The average Bonchev–Trinajstić information content (AvgIpc) is 2.54. The number of aliphatic hydroxyl groups excluding tert-OH is 1. The van der Waals surface area contributed by atoms with Gasteiger partial charge in [-0.3, -0.25) is 0 Å². The zero-order chi connectivity index (χ0) is 17.0. The SMILES string of the molecule is [CH2]CCC(O)CCCCCCCCCCCCCCCCCC. The molecule has 0 aliphatic carbocycles. The third kappa shape index (κ3) is 19.9. The lowest BCUT2D eigenvalue weighted by atomic mass is 10.0. The number of hydrogen-bond acceptors (Lipinski definition) is 1. The molecular weight excluding hydrogens is 280 g/mol. The second kappa shape index (κ2) is 20.0. The van der Waals surface area contributed by atoms with Crippen molar-refractivity contribution in [2.24, 2.45) is 0 Å². The van der Waals surface area contributed by atoms with Gasteiger partial charge in [0.15, 0.2) is 0 Å². The van der Waals surface area contributed by atoms with Gasteiger partial charge in [0.2, 0.25) is 0 Å². The zero-order valence-electron chi connectivity index (χ0n) is 16.2. The van der Waals surface area contributed by atoms with Crippen molar-refractivity contribution in [2.75, 3.05) is 0 Å². The minimum Gasteiger partial charge on any atom is -0.393 e. The second-order valence-electron chi connectivity index (χ2n) is 7.39. The summed E-state index contributed by atoms with van der Waals surface area (Å²) in [5, 5.41) is 9.62. The fourth-order valence-corrected chi connectivity index (χ4v) is 3.31. The molecule has 1 N–H and O–H groups in total. The van der Waals surface area contributed by atoms with Crippen LogP contribution in [0.2, 0.25) is 0 Å². The Morgan fingerprint density at radius 1 is 0.565 bits per heavy atom. The molecule has 0 aromatic rings. The van der Waals surface area contributed by atoms with Crippen molar-refractivity contribution in [1.29, 1.82) is 0 Å². The van der Waals surface area contributed by atoms with Crippen LogP contribution < -0.4 is 0 Å². The lowest BCUT2D eigenvalue weighted by Crippen LogP contribution is -2.04. The highest BCUT2D eigenvalue weighted by Crippen LogP contribution is 2.14. The van der Waals surface area contributed by atoms with Gasteiger partial charge < -0.3 is 5.11 Å². The molecule has 1 nitrogen and oxygen atoms in total. The van der Waals surface area contributed by atoms with Crippen LogP contribution in [0.5, 0.6) is 0 Å². The van der Waals surface area contributed by atoms with Crippen LogP contribution in [-0.2, 0) is 0 Å². The number of unbranched alkanes of at least 4 members (excludes halogenated alkanes) is 15. The summed E-state index contributed by atoms with van der Waals surface area (Å²) < 4.78 is 0. The molecular formula is C22H45O. The normalized spacial score (nSPS) is 12.7. The van der Waals surface area contributed by atoms with Gasteiger partial charge >= 0.3 is 0 Å². The van der Waals surface area contributed by atoms with E-state index in [1.54, 1.807) is 0 Å². The van der Waals surface area contributed by atoms with E-state index >= 15 is 0 Å². The van der Waals surface area contributed by atoms with Gasteiger partial charge in [0.1, 0.15) is 0 Å². The topological polar surface area (TPSA) is 20.2 Å². The van der Waals surface area contributed by atoms with Crippen LogP contribution in [0.4, 0.5) is 0 Å². The minimum atomic E-state index is -0.0980. The molecule has 0 bridgehead atoms. The predicted molar refractivity (Wildman–Crippen MR) is 105 cm³/mol. The molecule has 23 heavy (non-hydrogen) atoms. The number of aliphatic hydroxyl groups is 1. The van der Waals surface area contributed by atoms with E-state index in [1.165, 1.54) is 103 Å². The lowest BCUT2D eigenvalue weighted by Gasteiger charge is -2.08. The molecule has 0 saturated heterocycles. The highest BCUT2D eigenvalue weighted by molar-refractivity contribution is 4.57. The summed E-state index contributed by atoms with van der Waals surface area (Å²) in [4.78, 5) is 0. The Balaban J connectivity index is 3.00. The number of rotatable bonds is 19. The highest BCUT2D eigenvalue weighted by atomic mass is 16.3. The first-order valence-electron chi connectivity index (χ1n) is 10.8. The Kier molecular flexibility index (Phi) is 20.0. The summed E-state index contributed by atoms with van der Waals surface area (Å²) in [6, 6.07) is 0. The van der Waals surface area contributed by atoms with E-state index in [-0.39, 0.29) is 6.10 Å². The van der Waals surface area contributed by atoms with Gasteiger partial charge in [-0.25, -0.2) is 0 Å². The van der Waals surface area contributed by atoms with E-state index in [2.05, 4.69) is 13.8 Å².